The number of nitrogens with zero attached hydrogens (tertiary/aromatic N) is 4. The number of H-pyrrole nitrogens is 1. The quantitative estimate of drug-likeness (QED) is 0.708. The molecule has 27 heavy (non-hydrogen) atoms. The number of rotatable bonds is 5. The van der Waals surface area contributed by atoms with E-state index in [0.717, 1.165) is 37.4 Å². The van der Waals surface area contributed by atoms with Crippen molar-refractivity contribution >= 4 is 11.5 Å². The topological polar surface area (TPSA) is 65.1 Å². The van der Waals surface area contributed by atoms with Gasteiger partial charge in [-0.15, -0.1) is 0 Å². The van der Waals surface area contributed by atoms with Gasteiger partial charge in [-0.1, -0.05) is 18.2 Å². The molecular formula is C21H23N5O. The van der Waals surface area contributed by atoms with Gasteiger partial charge in [0.1, 0.15) is 11.5 Å². The van der Waals surface area contributed by atoms with Gasteiger partial charge in [0.15, 0.2) is 5.78 Å². The molecule has 3 heterocycles. The number of Topliss-reactive ketones (excluding diaryl/α,β-unsaturated/α-hetero) is 1. The van der Waals surface area contributed by atoms with Gasteiger partial charge in [0.2, 0.25) is 0 Å². The number of anilines is 1. The normalized spacial score (nSPS) is 15.1. The number of hydrogen-bond donors (Lipinski definition) is 1. The molecule has 0 amide bonds. The minimum absolute atomic E-state index is 0.0621. The number of imidazole rings is 1. The van der Waals surface area contributed by atoms with Crippen LogP contribution in [0.25, 0.3) is 11.4 Å². The molecule has 0 radical (unpaired) electrons. The average Bonchev–Trinajstić information content (AvgIpc) is 3.12. The van der Waals surface area contributed by atoms with Crippen molar-refractivity contribution in [3.63, 3.8) is 0 Å². The molecule has 0 spiro atoms. The number of aromatic nitrogens is 3. The van der Waals surface area contributed by atoms with Crippen LogP contribution in [0, 0.1) is 6.92 Å². The van der Waals surface area contributed by atoms with E-state index < -0.39 is 0 Å². The van der Waals surface area contributed by atoms with E-state index in [4.69, 9.17) is 0 Å². The largest absolute Gasteiger partial charge is 0.369 e. The van der Waals surface area contributed by atoms with Crippen molar-refractivity contribution < 1.29 is 4.79 Å². The Kier molecular flexibility index (Phi) is 4.98. The lowest BCUT2D eigenvalue weighted by atomic mass is 10.2. The summed E-state index contributed by atoms with van der Waals surface area (Å²) in [5.41, 5.74) is 3.46. The Bertz CT molecular complexity index is 899. The molecule has 0 atom stereocenters. The summed E-state index contributed by atoms with van der Waals surface area (Å²) in [6.45, 7) is 5.91. The van der Waals surface area contributed by atoms with Crippen molar-refractivity contribution in [3.8, 4) is 11.4 Å². The molecule has 0 saturated carbocycles. The molecule has 0 bridgehead atoms. The second-order valence-corrected chi connectivity index (χ2v) is 6.82. The van der Waals surface area contributed by atoms with Gasteiger partial charge in [-0.3, -0.25) is 14.7 Å². The van der Waals surface area contributed by atoms with Gasteiger partial charge in [0.05, 0.1) is 6.54 Å². The first-order valence-corrected chi connectivity index (χ1v) is 9.23. The summed E-state index contributed by atoms with van der Waals surface area (Å²) >= 11 is 0. The van der Waals surface area contributed by atoms with Crippen molar-refractivity contribution in [2.24, 2.45) is 0 Å². The molecule has 1 fully saturated rings. The molecule has 1 N–H and O–H groups in total. The Hall–Kier alpha value is -2.99. The van der Waals surface area contributed by atoms with Crippen molar-refractivity contribution in [2.45, 2.75) is 6.92 Å². The number of ketones is 1. The third-order valence-electron chi connectivity index (χ3n) is 4.94. The maximum absolute atomic E-state index is 12.8. The molecule has 6 nitrogen and oxygen atoms in total. The Morgan fingerprint density at radius 1 is 1.07 bits per heavy atom. The van der Waals surface area contributed by atoms with Crippen molar-refractivity contribution in [1.29, 1.82) is 0 Å². The van der Waals surface area contributed by atoms with Crippen molar-refractivity contribution in [3.05, 3.63) is 66.2 Å². The lowest BCUT2D eigenvalue weighted by molar-refractivity contribution is 0.0921. The zero-order chi connectivity index (χ0) is 18.6. The lowest BCUT2D eigenvalue weighted by Gasteiger charge is -2.35. The number of aryl methyl sites for hydroxylation is 1. The molecule has 1 aliphatic heterocycles. The molecule has 1 aromatic carbocycles. The first-order valence-electron chi connectivity index (χ1n) is 9.23. The number of nitrogens with one attached hydrogen (secondary N) is 1. The molecule has 0 unspecified atom stereocenters. The van der Waals surface area contributed by atoms with Crippen LogP contribution in [0.2, 0.25) is 0 Å². The van der Waals surface area contributed by atoms with Gasteiger partial charge in [0, 0.05) is 55.5 Å². The Balaban J connectivity index is 1.38. The molecule has 4 rings (SSSR count). The summed E-state index contributed by atoms with van der Waals surface area (Å²) in [5.74, 6) is 0.755. The fourth-order valence-electron chi connectivity index (χ4n) is 3.45. The minimum atomic E-state index is 0.0621. The maximum atomic E-state index is 12.8. The van der Waals surface area contributed by atoms with E-state index in [2.05, 4.69) is 49.0 Å². The summed E-state index contributed by atoms with van der Waals surface area (Å²) in [4.78, 5) is 29.2. The molecule has 138 valence electrons. The Labute approximate surface area is 158 Å². The van der Waals surface area contributed by atoms with Crippen LogP contribution in [0.5, 0.6) is 0 Å². The number of aromatic amines is 1. The van der Waals surface area contributed by atoms with E-state index in [0.29, 0.717) is 18.1 Å². The Morgan fingerprint density at radius 2 is 1.85 bits per heavy atom. The number of piperazine rings is 1. The van der Waals surface area contributed by atoms with Crippen LogP contribution >= 0.6 is 0 Å². The third-order valence-corrected chi connectivity index (χ3v) is 4.94. The van der Waals surface area contributed by atoms with Crippen molar-refractivity contribution in [1.82, 2.24) is 19.9 Å². The van der Waals surface area contributed by atoms with Gasteiger partial charge in [0.25, 0.3) is 0 Å². The second-order valence-electron chi connectivity index (χ2n) is 6.82. The first-order chi connectivity index (χ1) is 13.2. The highest BCUT2D eigenvalue weighted by Gasteiger charge is 2.22. The van der Waals surface area contributed by atoms with Crippen LogP contribution in [0.3, 0.4) is 0 Å². The number of carbonyl (C=O) groups excluding carboxylic acids is 1. The fraction of sp³-hybridized carbons (Fsp3) is 0.286. The van der Waals surface area contributed by atoms with E-state index in [1.54, 1.807) is 12.4 Å². The highest BCUT2D eigenvalue weighted by atomic mass is 16.1. The van der Waals surface area contributed by atoms with Crippen LogP contribution in [-0.4, -0.2) is 58.4 Å². The molecule has 6 heteroatoms. The van der Waals surface area contributed by atoms with Crippen LogP contribution in [0.15, 0.2) is 54.9 Å². The molecule has 0 aliphatic carbocycles. The third kappa shape index (κ3) is 3.90. The van der Waals surface area contributed by atoms with Crippen LogP contribution < -0.4 is 4.90 Å². The zero-order valence-corrected chi connectivity index (χ0v) is 15.4. The van der Waals surface area contributed by atoms with Crippen LogP contribution in [0.1, 0.15) is 16.2 Å². The van der Waals surface area contributed by atoms with Gasteiger partial charge >= 0.3 is 0 Å². The smallest absolute Gasteiger partial charge is 0.196 e. The summed E-state index contributed by atoms with van der Waals surface area (Å²) in [6, 6.07) is 14.2. The lowest BCUT2D eigenvalue weighted by Crippen LogP contribution is -2.48. The van der Waals surface area contributed by atoms with Crippen LogP contribution in [0.4, 0.5) is 5.69 Å². The molecular weight excluding hydrogens is 338 g/mol. The highest BCUT2D eigenvalue weighted by molar-refractivity contribution is 5.97. The zero-order valence-electron chi connectivity index (χ0n) is 15.4. The summed E-state index contributed by atoms with van der Waals surface area (Å²) in [6.07, 6.45) is 3.47. The monoisotopic (exact) mass is 361 g/mol. The first kappa shape index (κ1) is 17.4. The van der Waals surface area contributed by atoms with Gasteiger partial charge < -0.3 is 9.88 Å². The maximum Gasteiger partial charge on any atom is 0.196 e. The van der Waals surface area contributed by atoms with E-state index in [-0.39, 0.29) is 5.78 Å². The summed E-state index contributed by atoms with van der Waals surface area (Å²) in [7, 11) is 0. The Morgan fingerprint density at radius 3 is 2.56 bits per heavy atom. The number of benzene rings is 1. The summed E-state index contributed by atoms with van der Waals surface area (Å²) < 4.78 is 0. The van der Waals surface area contributed by atoms with E-state index in [1.165, 1.54) is 5.69 Å². The molecule has 2 aromatic heterocycles. The summed E-state index contributed by atoms with van der Waals surface area (Å²) in [5, 5.41) is 0. The number of pyridine rings is 1. The SMILES string of the molecule is Cc1[nH]c(-c2cccnc2)nc1C(=O)CN1CCN(c2ccccc2)CC1. The second kappa shape index (κ2) is 7.72. The molecule has 3 aromatic rings. The number of hydrogen-bond acceptors (Lipinski definition) is 5. The average molecular weight is 361 g/mol. The molecule has 1 saturated heterocycles. The van der Waals surface area contributed by atoms with Crippen molar-refractivity contribution in [2.75, 3.05) is 37.6 Å². The van der Waals surface area contributed by atoms with E-state index in [9.17, 15) is 4.79 Å². The van der Waals surface area contributed by atoms with E-state index >= 15 is 0 Å². The predicted octanol–water partition coefficient (Wildman–Crippen LogP) is 2.79. The van der Waals surface area contributed by atoms with Gasteiger partial charge in [-0.05, 0) is 31.2 Å². The minimum Gasteiger partial charge on any atom is -0.369 e. The van der Waals surface area contributed by atoms with Gasteiger partial charge in [-0.2, -0.15) is 0 Å². The number of carbonyl (C=O) groups is 1. The number of para-hydroxylation sites is 1. The molecule has 1 aliphatic rings. The van der Waals surface area contributed by atoms with Crippen LogP contribution in [-0.2, 0) is 0 Å². The predicted molar refractivity (Wildman–Crippen MR) is 106 cm³/mol. The highest BCUT2D eigenvalue weighted by Crippen LogP contribution is 2.18. The standard InChI is InChI=1S/C21H23N5O/c1-16-20(24-21(23-16)17-6-5-9-22-14-17)19(27)15-25-10-12-26(13-11-25)18-7-3-2-4-8-18/h2-9,14H,10-13,15H2,1H3,(H,23,24). The fourth-order valence-corrected chi connectivity index (χ4v) is 3.45. The van der Waals surface area contributed by atoms with Gasteiger partial charge in [-0.25, -0.2) is 4.98 Å². The van der Waals surface area contributed by atoms with E-state index in [1.807, 2.05) is 25.1 Å².